The average Bonchev–Trinajstić information content (AvgIpc) is 3.23. The monoisotopic (exact) mass is 380 g/mol. The van der Waals surface area contributed by atoms with Crippen molar-refractivity contribution in [1.29, 1.82) is 0 Å². The number of nitrogens with one attached hydrogen (secondary N) is 2. The van der Waals surface area contributed by atoms with E-state index in [-0.39, 0.29) is 11.5 Å². The SMILES string of the molecule is O=C(NCc1ccccc1)/C(=C/c1ccc(Cl)cc1)NC(=O)c1ccco1. The quantitative estimate of drug-likeness (QED) is 0.634. The maximum Gasteiger partial charge on any atom is 0.291 e. The molecule has 0 aliphatic carbocycles. The molecule has 2 aromatic carbocycles. The Hall–Kier alpha value is -3.31. The Labute approximate surface area is 161 Å². The van der Waals surface area contributed by atoms with Gasteiger partial charge in [0.2, 0.25) is 0 Å². The van der Waals surface area contributed by atoms with Crippen LogP contribution in [0, 0.1) is 0 Å². The van der Waals surface area contributed by atoms with E-state index in [4.69, 9.17) is 16.0 Å². The van der Waals surface area contributed by atoms with Crippen molar-refractivity contribution in [3.8, 4) is 0 Å². The van der Waals surface area contributed by atoms with E-state index >= 15 is 0 Å². The normalized spacial score (nSPS) is 11.1. The van der Waals surface area contributed by atoms with Gasteiger partial charge in [0.25, 0.3) is 11.8 Å². The van der Waals surface area contributed by atoms with E-state index < -0.39 is 11.8 Å². The van der Waals surface area contributed by atoms with Crippen LogP contribution in [-0.4, -0.2) is 11.8 Å². The van der Waals surface area contributed by atoms with Crippen molar-refractivity contribution in [3.05, 3.63) is 101 Å². The Kier molecular flexibility index (Phi) is 6.07. The van der Waals surface area contributed by atoms with Crippen molar-refractivity contribution >= 4 is 29.5 Å². The Bertz CT molecular complexity index is 933. The van der Waals surface area contributed by atoms with Gasteiger partial charge >= 0.3 is 0 Å². The third-order valence-corrected chi connectivity index (χ3v) is 3.97. The Morgan fingerprint density at radius 2 is 1.70 bits per heavy atom. The van der Waals surface area contributed by atoms with Crippen molar-refractivity contribution in [1.82, 2.24) is 10.6 Å². The van der Waals surface area contributed by atoms with Gasteiger partial charge in [0.1, 0.15) is 5.70 Å². The number of amides is 2. The van der Waals surface area contributed by atoms with Crippen LogP contribution >= 0.6 is 11.6 Å². The summed E-state index contributed by atoms with van der Waals surface area (Å²) in [6.07, 6.45) is 2.98. The van der Waals surface area contributed by atoms with Crippen LogP contribution in [0.4, 0.5) is 0 Å². The zero-order valence-electron chi connectivity index (χ0n) is 14.3. The average molecular weight is 381 g/mol. The third kappa shape index (κ3) is 5.33. The highest BCUT2D eigenvalue weighted by molar-refractivity contribution is 6.30. The van der Waals surface area contributed by atoms with Gasteiger partial charge in [0.05, 0.1) is 6.26 Å². The number of furan rings is 1. The zero-order chi connectivity index (χ0) is 19.1. The number of halogens is 1. The van der Waals surface area contributed by atoms with Gasteiger partial charge in [-0.2, -0.15) is 0 Å². The Morgan fingerprint density at radius 3 is 2.37 bits per heavy atom. The van der Waals surface area contributed by atoms with Crippen LogP contribution in [-0.2, 0) is 11.3 Å². The van der Waals surface area contributed by atoms with Crippen molar-refractivity contribution in [2.45, 2.75) is 6.54 Å². The van der Waals surface area contributed by atoms with Crippen LogP contribution in [0.2, 0.25) is 5.02 Å². The molecular formula is C21H17ClN2O3. The van der Waals surface area contributed by atoms with Crippen molar-refractivity contribution in [2.24, 2.45) is 0 Å². The predicted molar refractivity (Wildman–Crippen MR) is 104 cm³/mol. The highest BCUT2D eigenvalue weighted by Crippen LogP contribution is 2.13. The number of benzene rings is 2. The summed E-state index contributed by atoms with van der Waals surface area (Å²) in [6, 6.07) is 19.6. The fourth-order valence-electron chi connectivity index (χ4n) is 2.35. The first-order chi connectivity index (χ1) is 13.1. The number of carbonyl (C=O) groups is 2. The minimum atomic E-state index is -0.505. The van der Waals surface area contributed by atoms with Crippen molar-refractivity contribution < 1.29 is 14.0 Å². The third-order valence-electron chi connectivity index (χ3n) is 3.71. The molecule has 5 nitrogen and oxygen atoms in total. The van der Waals surface area contributed by atoms with E-state index in [0.29, 0.717) is 11.6 Å². The van der Waals surface area contributed by atoms with Crippen molar-refractivity contribution in [2.75, 3.05) is 0 Å². The Morgan fingerprint density at radius 1 is 0.963 bits per heavy atom. The first-order valence-corrected chi connectivity index (χ1v) is 8.64. The second-order valence-electron chi connectivity index (χ2n) is 5.71. The molecular weight excluding hydrogens is 364 g/mol. The molecule has 1 heterocycles. The van der Waals surface area contributed by atoms with Gasteiger partial charge in [-0.25, -0.2) is 0 Å². The second kappa shape index (κ2) is 8.87. The van der Waals surface area contributed by atoms with E-state index in [0.717, 1.165) is 11.1 Å². The molecule has 1 aromatic heterocycles. The molecule has 0 fully saturated rings. The summed E-state index contributed by atoms with van der Waals surface area (Å²) in [4.78, 5) is 24.9. The molecule has 3 rings (SSSR count). The molecule has 0 bridgehead atoms. The first kappa shape index (κ1) is 18.5. The topological polar surface area (TPSA) is 71.3 Å². The summed E-state index contributed by atoms with van der Waals surface area (Å²) >= 11 is 5.90. The van der Waals surface area contributed by atoms with E-state index in [1.54, 1.807) is 36.4 Å². The molecule has 3 aromatic rings. The smallest absolute Gasteiger partial charge is 0.291 e. The number of hydrogen-bond donors (Lipinski definition) is 2. The van der Waals surface area contributed by atoms with E-state index in [1.165, 1.54) is 12.3 Å². The van der Waals surface area contributed by atoms with E-state index in [9.17, 15) is 9.59 Å². The maximum atomic E-state index is 12.6. The fraction of sp³-hybridized carbons (Fsp3) is 0.0476. The molecule has 0 spiro atoms. The van der Waals surface area contributed by atoms with Crippen LogP contribution < -0.4 is 10.6 Å². The highest BCUT2D eigenvalue weighted by atomic mass is 35.5. The van der Waals surface area contributed by atoms with Crippen LogP contribution in [0.5, 0.6) is 0 Å². The van der Waals surface area contributed by atoms with Crippen molar-refractivity contribution in [3.63, 3.8) is 0 Å². The summed E-state index contributed by atoms with van der Waals surface area (Å²) in [6.45, 7) is 0.342. The standard InChI is InChI=1S/C21H17ClN2O3/c22-17-10-8-15(9-11-17)13-18(24-21(26)19-7-4-12-27-19)20(25)23-14-16-5-2-1-3-6-16/h1-13H,14H2,(H,23,25)(H,24,26)/b18-13-. The fourth-order valence-corrected chi connectivity index (χ4v) is 2.48. The van der Waals surface area contributed by atoms with Gasteiger partial charge in [0.15, 0.2) is 5.76 Å². The molecule has 0 aliphatic heterocycles. The van der Waals surface area contributed by atoms with Gasteiger partial charge in [0, 0.05) is 11.6 Å². The summed E-state index contributed by atoms with van der Waals surface area (Å²) in [5.74, 6) is -0.795. The largest absolute Gasteiger partial charge is 0.459 e. The maximum absolute atomic E-state index is 12.6. The minimum Gasteiger partial charge on any atom is -0.459 e. The second-order valence-corrected chi connectivity index (χ2v) is 6.15. The number of hydrogen-bond acceptors (Lipinski definition) is 3. The van der Waals surface area contributed by atoms with E-state index in [2.05, 4.69) is 10.6 Å². The molecule has 136 valence electrons. The lowest BCUT2D eigenvalue weighted by Crippen LogP contribution is -2.34. The summed E-state index contributed by atoms with van der Waals surface area (Å²) in [5, 5.41) is 5.99. The molecule has 2 N–H and O–H groups in total. The van der Waals surface area contributed by atoms with Gasteiger partial charge < -0.3 is 15.1 Å². The summed E-state index contributed by atoms with van der Waals surface area (Å²) < 4.78 is 5.08. The molecule has 2 amide bonds. The molecule has 0 atom stereocenters. The van der Waals surface area contributed by atoms with Crippen LogP contribution in [0.3, 0.4) is 0 Å². The molecule has 0 saturated heterocycles. The molecule has 0 aliphatic rings. The van der Waals surface area contributed by atoms with Crippen LogP contribution in [0.1, 0.15) is 21.7 Å². The van der Waals surface area contributed by atoms with Gasteiger partial charge in [-0.05, 0) is 41.5 Å². The predicted octanol–water partition coefficient (Wildman–Crippen LogP) is 4.02. The summed E-state index contributed by atoms with van der Waals surface area (Å²) in [5.41, 5.74) is 1.78. The Balaban J connectivity index is 1.78. The molecule has 0 unspecified atom stereocenters. The lowest BCUT2D eigenvalue weighted by Gasteiger charge is -2.10. The number of rotatable bonds is 6. The molecule has 6 heteroatoms. The first-order valence-electron chi connectivity index (χ1n) is 8.26. The van der Waals surface area contributed by atoms with Gasteiger partial charge in [-0.1, -0.05) is 54.1 Å². The lowest BCUT2D eigenvalue weighted by molar-refractivity contribution is -0.117. The van der Waals surface area contributed by atoms with Gasteiger partial charge in [-0.3, -0.25) is 9.59 Å². The highest BCUT2D eigenvalue weighted by Gasteiger charge is 2.16. The summed E-state index contributed by atoms with van der Waals surface area (Å²) in [7, 11) is 0. The van der Waals surface area contributed by atoms with Crippen LogP contribution in [0.25, 0.3) is 6.08 Å². The van der Waals surface area contributed by atoms with E-state index in [1.807, 2.05) is 30.3 Å². The molecule has 0 saturated carbocycles. The van der Waals surface area contributed by atoms with Gasteiger partial charge in [-0.15, -0.1) is 0 Å². The number of carbonyl (C=O) groups excluding carboxylic acids is 2. The minimum absolute atomic E-state index is 0.106. The van der Waals surface area contributed by atoms with Crippen LogP contribution in [0.15, 0.2) is 83.1 Å². The zero-order valence-corrected chi connectivity index (χ0v) is 15.1. The molecule has 0 radical (unpaired) electrons. The molecule has 27 heavy (non-hydrogen) atoms. The lowest BCUT2D eigenvalue weighted by atomic mass is 10.1.